The Labute approximate surface area is 142 Å². The van der Waals surface area contributed by atoms with Gasteiger partial charge in [-0.2, -0.15) is 0 Å². The molecule has 3 fully saturated rings. The van der Waals surface area contributed by atoms with E-state index < -0.39 is 6.09 Å². The normalized spacial score (nSPS) is 28.0. The standard InChI is InChI=1S/C19H22N2O3/c1-3-14-11-21-9-8-16(14)10-18(21)12-24-19(23)20-17-6-4-15(5-7-17)13(2)22/h1,4-7,14,16,18H,8-12H2,2H3,(H,20,23). The third kappa shape index (κ3) is 3.60. The Balaban J connectivity index is 1.48. The van der Waals surface area contributed by atoms with Gasteiger partial charge in [0.2, 0.25) is 0 Å². The lowest BCUT2D eigenvalue weighted by Gasteiger charge is -2.48. The molecule has 1 amide bonds. The lowest BCUT2D eigenvalue weighted by atomic mass is 9.76. The minimum Gasteiger partial charge on any atom is -0.448 e. The van der Waals surface area contributed by atoms with Crippen molar-refractivity contribution in [3.05, 3.63) is 29.8 Å². The largest absolute Gasteiger partial charge is 0.448 e. The molecule has 3 aliphatic heterocycles. The van der Waals surface area contributed by atoms with E-state index in [1.165, 1.54) is 6.92 Å². The Morgan fingerprint density at radius 3 is 2.71 bits per heavy atom. The van der Waals surface area contributed by atoms with E-state index in [4.69, 9.17) is 11.2 Å². The first-order valence-corrected chi connectivity index (χ1v) is 8.31. The van der Waals surface area contributed by atoms with Crippen molar-refractivity contribution in [1.29, 1.82) is 0 Å². The van der Waals surface area contributed by atoms with Crippen LogP contribution in [0.3, 0.4) is 0 Å². The minimum atomic E-state index is -0.471. The topological polar surface area (TPSA) is 58.6 Å². The summed E-state index contributed by atoms with van der Waals surface area (Å²) in [5.41, 5.74) is 1.23. The van der Waals surface area contributed by atoms with Gasteiger partial charge < -0.3 is 4.74 Å². The van der Waals surface area contributed by atoms with E-state index in [0.29, 0.717) is 29.7 Å². The Kier molecular flexibility index (Phi) is 4.86. The summed E-state index contributed by atoms with van der Waals surface area (Å²) < 4.78 is 5.37. The first-order chi connectivity index (χ1) is 11.6. The zero-order chi connectivity index (χ0) is 17.1. The summed E-state index contributed by atoms with van der Waals surface area (Å²) in [7, 11) is 0. The first-order valence-electron chi connectivity index (χ1n) is 8.31. The monoisotopic (exact) mass is 326 g/mol. The van der Waals surface area contributed by atoms with Crippen LogP contribution in [0.2, 0.25) is 0 Å². The van der Waals surface area contributed by atoms with E-state index >= 15 is 0 Å². The number of terminal acetylenes is 1. The van der Waals surface area contributed by atoms with E-state index in [-0.39, 0.29) is 11.8 Å². The predicted octanol–water partition coefficient (Wildman–Crippen LogP) is 2.78. The van der Waals surface area contributed by atoms with Gasteiger partial charge in [0.1, 0.15) is 6.61 Å². The van der Waals surface area contributed by atoms with Crippen molar-refractivity contribution in [3.8, 4) is 12.3 Å². The van der Waals surface area contributed by atoms with Crippen LogP contribution in [-0.4, -0.2) is 42.5 Å². The van der Waals surface area contributed by atoms with Gasteiger partial charge in [-0.1, -0.05) is 0 Å². The number of ether oxygens (including phenoxy) is 1. The van der Waals surface area contributed by atoms with Crippen LogP contribution >= 0.6 is 0 Å². The Bertz CT molecular complexity index is 662. The number of benzene rings is 1. The van der Waals surface area contributed by atoms with E-state index in [9.17, 15) is 9.59 Å². The highest BCUT2D eigenvalue weighted by atomic mass is 16.5. The van der Waals surface area contributed by atoms with Crippen molar-refractivity contribution in [3.63, 3.8) is 0 Å². The van der Waals surface area contributed by atoms with Crippen molar-refractivity contribution >= 4 is 17.6 Å². The number of rotatable bonds is 4. The summed E-state index contributed by atoms with van der Waals surface area (Å²) in [6.07, 6.45) is 7.24. The Morgan fingerprint density at radius 2 is 2.12 bits per heavy atom. The van der Waals surface area contributed by atoms with Crippen LogP contribution in [0.5, 0.6) is 0 Å². The molecule has 1 N–H and O–H groups in total. The smallest absolute Gasteiger partial charge is 0.411 e. The molecule has 4 rings (SSSR count). The highest BCUT2D eigenvalue weighted by Gasteiger charge is 2.39. The number of hydrogen-bond donors (Lipinski definition) is 1. The SMILES string of the molecule is C#CC1CN2CCC1CC2COC(=O)Nc1ccc(C(C)=O)cc1. The van der Waals surface area contributed by atoms with Gasteiger partial charge in [0, 0.05) is 29.8 Å². The number of Topliss-reactive ketones (excluding diaryl/α,β-unsaturated/α-hetero) is 1. The number of ketones is 1. The molecule has 4 atom stereocenters. The van der Waals surface area contributed by atoms with E-state index in [0.717, 1.165) is 25.9 Å². The van der Waals surface area contributed by atoms with Crippen molar-refractivity contribution in [2.24, 2.45) is 11.8 Å². The molecule has 0 aliphatic carbocycles. The van der Waals surface area contributed by atoms with Crippen LogP contribution in [0.4, 0.5) is 10.5 Å². The molecule has 24 heavy (non-hydrogen) atoms. The van der Waals surface area contributed by atoms with Crippen LogP contribution < -0.4 is 5.32 Å². The lowest BCUT2D eigenvalue weighted by molar-refractivity contribution is -0.00665. The summed E-state index contributed by atoms with van der Waals surface area (Å²) in [5, 5.41) is 2.69. The number of nitrogens with zero attached hydrogens (tertiary/aromatic N) is 1. The van der Waals surface area contributed by atoms with E-state index in [2.05, 4.69) is 16.1 Å². The molecule has 4 unspecified atom stereocenters. The number of amides is 1. The van der Waals surface area contributed by atoms with Crippen LogP contribution in [0, 0.1) is 24.2 Å². The second kappa shape index (κ2) is 7.06. The molecule has 126 valence electrons. The number of fused-ring (bicyclic) bond motifs is 3. The fourth-order valence-corrected chi connectivity index (χ4v) is 3.61. The summed E-state index contributed by atoms with van der Waals surface area (Å²) in [6.45, 7) is 3.83. The number of hydrogen-bond acceptors (Lipinski definition) is 4. The highest BCUT2D eigenvalue weighted by Crippen LogP contribution is 2.35. The molecule has 0 radical (unpaired) electrons. The summed E-state index contributed by atoms with van der Waals surface area (Å²) in [4.78, 5) is 25.5. The van der Waals surface area contributed by atoms with Crippen molar-refractivity contribution in [1.82, 2.24) is 4.90 Å². The Hall–Kier alpha value is -2.32. The number of carbonyl (C=O) groups is 2. The maximum absolute atomic E-state index is 11.9. The highest BCUT2D eigenvalue weighted by molar-refractivity contribution is 5.94. The molecule has 0 spiro atoms. The van der Waals surface area contributed by atoms with Crippen LogP contribution in [-0.2, 0) is 4.74 Å². The second-order valence-electron chi connectivity index (χ2n) is 6.56. The molecule has 3 aliphatic rings. The zero-order valence-electron chi connectivity index (χ0n) is 13.8. The van der Waals surface area contributed by atoms with Gasteiger partial charge >= 0.3 is 6.09 Å². The number of piperidine rings is 3. The lowest BCUT2D eigenvalue weighted by Crippen LogP contribution is -2.54. The quantitative estimate of drug-likeness (QED) is 0.683. The van der Waals surface area contributed by atoms with E-state index in [1.807, 2.05) is 0 Å². The van der Waals surface area contributed by atoms with Gasteiger partial charge in [-0.15, -0.1) is 12.3 Å². The Morgan fingerprint density at radius 1 is 1.38 bits per heavy atom. The summed E-state index contributed by atoms with van der Waals surface area (Å²) in [6, 6.07) is 7.02. The first kappa shape index (κ1) is 16.5. The average molecular weight is 326 g/mol. The molecular formula is C19H22N2O3. The predicted molar refractivity (Wildman–Crippen MR) is 91.8 cm³/mol. The van der Waals surface area contributed by atoms with Gasteiger partial charge in [-0.3, -0.25) is 15.0 Å². The maximum Gasteiger partial charge on any atom is 0.411 e. The average Bonchev–Trinajstić information content (AvgIpc) is 2.60. The molecule has 5 heteroatoms. The molecule has 0 aromatic heterocycles. The van der Waals surface area contributed by atoms with E-state index in [1.54, 1.807) is 24.3 Å². The summed E-state index contributed by atoms with van der Waals surface area (Å²) in [5.74, 6) is 3.76. The third-order valence-corrected chi connectivity index (χ3v) is 5.04. The fraction of sp³-hybridized carbons (Fsp3) is 0.474. The molecule has 0 saturated carbocycles. The maximum atomic E-state index is 11.9. The van der Waals surface area contributed by atoms with Gasteiger partial charge in [0.05, 0.1) is 0 Å². The fourth-order valence-electron chi connectivity index (χ4n) is 3.61. The third-order valence-electron chi connectivity index (χ3n) is 5.04. The zero-order valence-corrected chi connectivity index (χ0v) is 13.8. The molecule has 1 aromatic rings. The van der Waals surface area contributed by atoms with Gasteiger partial charge in [-0.05, 0) is 56.5 Å². The van der Waals surface area contributed by atoms with Gasteiger partial charge in [-0.25, -0.2) is 4.79 Å². The molecule has 3 heterocycles. The van der Waals surface area contributed by atoms with Crippen molar-refractivity contribution in [2.75, 3.05) is 25.0 Å². The van der Waals surface area contributed by atoms with Crippen LogP contribution in [0.1, 0.15) is 30.1 Å². The summed E-state index contributed by atoms with van der Waals surface area (Å²) >= 11 is 0. The minimum absolute atomic E-state index is 0.00389. The molecule has 5 nitrogen and oxygen atoms in total. The van der Waals surface area contributed by atoms with Crippen molar-refractivity contribution in [2.45, 2.75) is 25.8 Å². The number of nitrogens with one attached hydrogen (secondary N) is 1. The van der Waals surface area contributed by atoms with Crippen LogP contribution in [0.15, 0.2) is 24.3 Å². The number of carbonyl (C=O) groups excluding carboxylic acids is 2. The molecule has 2 bridgehead atoms. The number of anilines is 1. The van der Waals surface area contributed by atoms with Crippen molar-refractivity contribution < 1.29 is 14.3 Å². The van der Waals surface area contributed by atoms with Gasteiger partial charge in [0.15, 0.2) is 5.78 Å². The molecule has 1 aromatic carbocycles. The molecular weight excluding hydrogens is 304 g/mol. The van der Waals surface area contributed by atoms with Crippen LogP contribution in [0.25, 0.3) is 0 Å². The molecule has 3 saturated heterocycles. The van der Waals surface area contributed by atoms with Gasteiger partial charge in [0.25, 0.3) is 0 Å². The second-order valence-corrected chi connectivity index (χ2v) is 6.56.